The lowest BCUT2D eigenvalue weighted by molar-refractivity contribution is 0.0101. The van der Waals surface area contributed by atoms with Gasteiger partial charge in [0.05, 0.1) is 19.3 Å². The number of benzene rings is 2. The average molecular weight is 405 g/mol. The summed E-state index contributed by atoms with van der Waals surface area (Å²) < 4.78 is 7.98. The molecule has 30 heavy (non-hydrogen) atoms. The van der Waals surface area contributed by atoms with Gasteiger partial charge in [0, 0.05) is 38.1 Å². The summed E-state index contributed by atoms with van der Waals surface area (Å²) in [5.74, 6) is 0. The molecule has 0 spiro atoms. The van der Waals surface area contributed by atoms with Crippen LogP contribution in [0.4, 0.5) is 0 Å². The van der Waals surface area contributed by atoms with E-state index in [-0.39, 0.29) is 0 Å². The van der Waals surface area contributed by atoms with E-state index in [0.717, 1.165) is 18.7 Å². The minimum Gasteiger partial charge on any atom is -0.389 e. The zero-order valence-electron chi connectivity index (χ0n) is 17.8. The minimum atomic E-state index is -0.548. The van der Waals surface area contributed by atoms with Gasteiger partial charge in [-0.3, -0.25) is 4.90 Å². The highest BCUT2D eigenvalue weighted by atomic mass is 16.5. The highest BCUT2D eigenvalue weighted by Gasteiger charge is 2.14. The molecule has 0 saturated heterocycles. The molecule has 0 unspecified atom stereocenters. The van der Waals surface area contributed by atoms with Gasteiger partial charge in [0.15, 0.2) is 0 Å². The molecule has 2 aromatic carbocycles. The fraction of sp³-hybridized carbons (Fsp3) is 0.308. The monoisotopic (exact) mass is 404 g/mol. The van der Waals surface area contributed by atoms with E-state index in [1.165, 1.54) is 16.8 Å². The van der Waals surface area contributed by atoms with Gasteiger partial charge < -0.3 is 14.4 Å². The summed E-state index contributed by atoms with van der Waals surface area (Å²) in [6.07, 6.45) is 3.45. The molecular weight excluding hydrogens is 372 g/mol. The van der Waals surface area contributed by atoms with Crippen molar-refractivity contribution in [1.29, 1.82) is 0 Å². The van der Waals surface area contributed by atoms with Crippen LogP contribution >= 0.6 is 0 Å². The fourth-order valence-corrected chi connectivity index (χ4v) is 3.57. The maximum atomic E-state index is 10.5. The van der Waals surface area contributed by atoms with Crippen LogP contribution in [0.15, 0.2) is 85.6 Å². The normalized spacial score (nSPS) is 12.2. The third-order valence-electron chi connectivity index (χ3n) is 5.19. The Hall–Kier alpha value is -2.66. The van der Waals surface area contributed by atoms with E-state index in [4.69, 9.17) is 4.74 Å². The maximum absolute atomic E-state index is 10.5. The van der Waals surface area contributed by atoms with Gasteiger partial charge in [-0.15, -0.1) is 6.58 Å². The number of hydrogen-bond donors (Lipinski definition) is 1. The highest BCUT2D eigenvalue weighted by molar-refractivity contribution is 5.26. The van der Waals surface area contributed by atoms with E-state index < -0.39 is 6.10 Å². The van der Waals surface area contributed by atoms with E-state index in [1.54, 1.807) is 0 Å². The maximum Gasteiger partial charge on any atom is 0.0900 e. The van der Waals surface area contributed by atoms with Crippen molar-refractivity contribution >= 4 is 0 Å². The van der Waals surface area contributed by atoms with Crippen LogP contribution in [0.3, 0.4) is 0 Å². The Labute approximate surface area is 180 Å². The van der Waals surface area contributed by atoms with Crippen LogP contribution in [0, 0.1) is 6.92 Å². The standard InChI is InChI=1S/C26H32N2O2/c1-3-15-27(19-26(29)21-30-20-23-11-5-4-6-12-23)18-25-14-9-16-28(25)17-24-13-8-7-10-22(24)2/h3-14,16,26,29H,1,15,17-21H2,2H3/t26-/m0/s1. The molecule has 158 valence electrons. The van der Waals surface area contributed by atoms with Crippen molar-refractivity contribution in [2.45, 2.75) is 32.7 Å². The molecule has 1 atom stereocenters. The summed E-state index contributed by atoms with van der Waals surface area (Å²) in [6, 6.07) is 22.7. The van der Waals surface area contributed by atoms with E-state index in [9.17, 15) is 5.11 Å². The van der Waals surface area contributed by atoms with Gasteiger partial charge in [0.2, 0.25) is 0 Å². The SMILES string of the molecule is C=CCN(Cc1cccn1Cc1ccccc1C)C[C@H](O)COCc1ccccc1. The molecule has 0 aliphatic carbocycles. The molecule has 0 saturated carbocycles. The first kappa shape index (κ1) is 22.0. The predicted octanol–water partition coefficient (Wildman–Crippen LogP) is 4.41. The van der Waals surface area contributed by atoms with Crippen molar-refractivity contribution in [1.82, 2.24) is 9.47 Å². The van der Waals surface area contributed by atoms with E-state index in [1.807, 2.05) is 36.4 Å². The van der Waals surface area contributed by atoms with Gasteiger partial charge in [-0.2, -0.15) is 0 Å². The number of hydrogen-bond acceptors (Lipinski definition) is 3. The Balaban J connectivity index is 1.54. The molecule has 0 aliphatic heterocycles. The van der Waals surface area contributed by atoms with Crippen molar-refractivity contribution < 1.29 is 9.84 Å². The Kier molecular flexibility index (Phi) is 8.45. The van der Waals surface area contributed by atoms with Crippen molar-refractivity contribution in [3.8, 4) is 0 Å². The molecule has 0 aliphatic rings. The number of aliphatic hydroxyl groups is 1. The Bertz CT molecular complexity index is 904. The first-order valence-electron chi connectivity index (χ1n) is 10.5. The molecule has 1 aromatic heterocycles. The Morgan fingerprint density at radius 2 is 1.83 bits per heavy atom. The average Bonchev–Trinajstić information content (AvgIpc) is 3.17. The molecule has 3 aromatic rings. The number of rotatable bonds is 12. The molecule has 0 fully saturated rings. The van der Waals surface area contributed by atoms with Crippen LogP contribution in [-0.4, -0.2) is 40.4 Å². The van der Waals surface area contributed by atoms with Gasteiger partial charge in [-0.25, -0.2) is 0 Å². The first-order valence-corrected chi connectivity index (χ1v) is 10.5. The van der Waals surface area contributed by atoms with Crippen molar-refractivity contribution in [2.75, 3.05) is 19.7 Å². The summed E-state index contributed by atoms with van der Waals surface area (Å²) in [4.78, 5) is 2.20. The summed E-state index contributed by atoms with van der Waals surface area (Å²) >= 11 is 0. The van der Waals surface area contributed by atoms with Gasteiger partial charge in [-0.1, -0.05) is 60.7 Å². The second-order valence-corrected chi connectivity index (χ2v) is 7.69. The number of aromatic nitrogens is 1. The van der Waals surface area contributed by atoms with Crippen LogP contribution in [0.1, 0.15) is 22.4 Å². The lowest BCUT2D eigenvalue weighted by atomic mass is 10.1. The van der Waals surface area contributed by atoms with Crippen LogP contribution in [0.25, 0.3) is 0 Å². The molecule has 0 bridgehead atoms. The zero-order valence-corrected chi connectivity index (χ0v) is 17.8. The topological polar surface area (TPSA) is 37.6 Å². The lowest BCUT2D eigenvalue weighted by Gasteiger charge is -2.24. The summed E-state index contributed by atoms with van der Waals surface area (Å²) in [7, 11) is 0. The largest absolute Gasteiger partial charge is 0.389 e. The number of nitrogens with zero attached hydrogens (tertiary/aromatic N) is 2. The second kappa shape index (κ2) is 11.5. The third-order valence-corrected chi connectivity index (χ3v) is 5.19. The third kappa shape index (κ3) is 6.70. The Morgan fingerprint density at radius 1 is 1.07 bits per heavy atom. The zero-order chi connectivity index (χ0) is 21.2. The molecule has 0 radical (unpaired) electrons. The summed E-state index contributed by atoms with van der Waals surface area (Å²) in [5, 5.41) is 10.5. The van der Waals surface area contributed by atoms with Crippen molar-refractivity contribution in [3.05, 3.63) is 108 Å². The van der Waals surface area contributed by atoms with E-state index in [0.29, 0.717) is 26.3 Å². The number of aliphatic hydroxyl groups excluding tert-OH is 1. The van der Waals surface area contributed by atoms with Gasteiger partial charge in [0.25, 0.3) is 0 Å². The lowest BCUT2D eigenvalue weighted by Crippen LogP contribution is -2.35. The molecule has 4 heteroatoms. The molecule has 4 nitrogen and oxygen atoms in total. The minimum absolute atomic E-state index is 0.312. The number of aryl methyl sites for hydroxylation is 1. The second-order valence-electron chi connectivity index (χ2n) is 7.69. The van der Waals surface area contributed by atoms with E-state index >= 15 is 0 Å². The summed E-state index contributed by atoms with van der Waals surface area (Å²) in [5.41, 5.74) is 4.95. The van der Waals surface area contributed by atoms with Crippen LogP contribution in [0.2, 0.25) is 0 Å². The van der Waals surface area contributed by atoms with Crippen LogP contribution < -0.4 is 0 Å². The molecule has 1 N–H and O–H groups in total. The Morgan fingerprint density at radius 3 is 2.60 bits per heavy atom. The van der Waals surface area contributed by atoms with Gasteiger partial charge in [0.1, 0.15) is 0 Å². The van der Waals surface area contributed by atoms with Crippen LogP contribution in [0.5, 0.6) is 0 Å². The number of ether oxygens (including phenoxy) is 1. The van der Waals surface area contributed by atoms with E-state index in [2.05, 4.69) is 65.6 Å². The first-order chi connectivity index (χ1) is 14.7. The smallest absolute Gasteiger partial charge is 0.0900 e. The molecule has 0 amide bonds. The van der Waals surface area contributed by atoms with Crippen molar-refractivity contribution in [3.63, 3.8) is 0 Å². The highest BCUT2D eigenvalue weighted by Crippen LogP contribution is 2.14. The van der Waals surface area contributed by atoms with Gasteiger partial charge >= 0.3 is 0 Å². The molecular formula is C26H32N2O2. The fourth-order valence-electron chi connectivity index (χ4n) is 3.57. The van der Waals surface area contributed by atoms with Crippen molar-refractivity contribution in [2.24, 2.45) is 0 Å². The molecule has 1 heterocycles. The quantitative estimate of drug-likeness (QED) is 0.454. The predicted molar refractivity (Wildman–Crippen MR) is 122 cm³/mol. The van der Waals surface area contributed by atoms with Gasteiger partial charge in [-0.05, 0) is 35.7 Å². The summed E-state index contributed by atoms with van der Waals surface area (Å²) in [6.45, 7) is 9.70. The van der Waals surface area contributed by atoms with Crippen LogP contribution in [-0.2, 0) is 24.4 Å². The molecule has 3 rings (SSSR count).